The van der Waals surface area contributed by atoms with Crippen molar-refractivity contribution in [2.45, 2.75) is 45.8 Å². The number of hydrogen-bond acceptors (Lipinski definition) is 5. The van der Waals surface area contributed by atoms with E-state index in [-0.39, 0.29) is 6.61 Å². The van der Waals surface area contributed by atoms with Gasteiger partial charge in [0.2, 0.25) is 0 Å². The van der Waals surface area contributed by atoms with Gasteiger partial charge in [0.1, 0.15) is 11.4 Å². The van der Waals surface area contributed by atoms with Gasteiger partial charge in [-0.3, -0.25) is 0 Å². The summed E-state index contributed by atoms with van der Waals surface area (Å²) in [7, 11) is 3.18. The average molecular weight is 366 g/mol. The number of nitrogens with zero attached hydrogens (tertiary/aromatic N) is 2. The van der Waals surface area contributed by atoms with Gasteiger partial charge < -0.3 is 24.4 Å². The van der Waals surface area contributed by atoms with Crippen molar-refractivity contribution < 1.29 is 24.2 Å². The van der Waals surface area contributed by atoms with E-state index in [1.807, 2.05) is 6.92 Å². The maximum atomic E-state index is 12.6. The first-order valence-corrected chi connectivity index (χ1v) is 8.69. The average Bonchev–Trinajstić information content (AvgIpc) is 2.53. The van der Waals surface area contributed by atoms with Crippen LogP contribution in [0.5, 0.6) is 5.75 Å². The zero-order chi connectivity index (χ0) is 19.9. The number of aliphatic hydroxyl groups excluding tert-OH is 1. The molecule has 146 valence electrons. The fraction of sp³-hybridized carbons (Fsp3) is 0.579. The van der Waals surface area contributed by atoms with E-state index in [4.69, 9.17) is 9.47 Å². The molecule has 1 atom stereocenters. The molecule has 7 heteroatoms. The number of amides is 2. The second-order valence-corrected chi connectivity index (χ2v) is 7.09. The number of aliphatic hydroxyl groups is 1. The molecule has 1 aromatic carbocycles. The van der Waals surface area contributed by atoms with E-state index in [0.717, 1.165) is 0 Å². The standard InChI is InChI=1S/C19H30N2O5/c1-7-21(18(24)26-19(2,3)4)15(12-13-22)14-10-8-9-11-16(14)25-17(23)20(5)6/h8-11,15,22H,7,12-13H2,1-6H3. The summed E-state index contributed by atoms with van der Waals surface area (Å²) in [5.41, 5.74) is 0.00926. The van der Waals surface area contributed by atoms with Crippen LogP contribution in [-0.4, -0.2) is 59.9 Å². The molecule has 1 rings (SSSR count). The summed E-state index contributed by atoms with van der Waals surface area (Å²) in [5, 5.41) is 9.52. The van der Waals surface area contributed by atoms with E-state index in [1.165, 1.54) is 9.80 Å². The molecule has 0 spiro atoms. The van der Waals surface area contributed by atoms with Crippen molar-refractivity contribution in [3.8, 4) is 5.75 Å². The molecule has 0 saturated heterocycles. The van der Waals surface area contributed by atoms with E-state index >= 15 is 0 Å². The Kier molecular flexibility index (Phi) is 7.89. The van der Waals surface area contributed by atoms with Crippen molar-refractivity contribution in [1.82, 2.24) is 9.80 Å². The van der Waals surface area contributed by atoms with Crippen molar-refractivity contribution in [3.63, 3.8) is 0 Å². The predicted molar refractivity (Wildman–Crippen MR) is 99.2 cm³/mol. The largest absolute Gasteiger partial charge is 0.444 e. The Labute approximate surface area is 155 Å². The minimum atomic E-state index is -0.634. The van der Waals surface area contributed by atoms with E-state index in [9.17, 15) is 14.7 Å². The number of hydrogen-bond donors (Lipinski definition) is 1. The summed E-state index contributed by atoms with van der Waals surface area (Å²) in [5.74, 6) is 0.353. The fourth-order valence-electron chi connectivity index (χ4n) is 2.43. The SMILES string of the molecule is CCN(C(=O)OC(C)(C)C)C(CCO)c1ccccc1OC(=O)N(C)C. The molecular weight excluding hydrogens is 336 g/mol. The first-order valence-electron chi connectivity index (χ1n) is 8.69. The zero-order valence-electron chi connectivity index (χ0n) is 16.5. The molecule has 0 aliphatic carbocycles. The Morgan fingerprint density at radius 1 is 1.15 bits per heavy atom. The van der Waals surface area contributed by atoms with Crippen molar-refractivity contribution in [2.24, 2.45) is 0 Å². The highest BCUT2D eigenvalue weighted by Gasteiger charge is 2.30. The Balaban J connectivity index is 3.23. The Hall–Kier alpha value is -2.28. The van der Waals surface area contributed by atoms with Gasteiger partial charge in [-0.05, 0) is 40.2 Å². The number of rotatable bonds is 6. The van der Waals surface area contributed by atoms with Crippen LogP contribution >= 0.6 is 0 Å². The Morgan fingerprint density at radius 2 is 1.77 bits per heavy atom. The normalized spacial score (nSPS) is 12.3. The van der Waals surface area contributed by atoms with Crippen LogP contribution in [0.25, 0.3) is 0 Å². The molecule has 26 heavy (non-hydrogen) atoms. The highest BCUT2D eigenvalue weighted by Crippen LogP contribution is 2.33. The molecular formula is C19H30N2O5. The molecule has 0 aliphatic rings. The molecule has 0 heterocycles. The summed E-state index contributed by atoms with van der Waals surface area (Å²) in [6, 6.07) is 6.53. The van der Waals surface area contributed by atoms with Crippen LogP contribution in [0.4, 0.5) is 9.59 Å². The zero-order valence-corrected chi connectivity index (χ0v) is 16.5. The Bertz CT molecular complexity index is 610. The maximum Gasteiger partial charge on any atom is 0.414 e. The van der Waals surface area contributed by atoms with Gasteiger partial charge >= 0.3 is 12.2 Å². The van der Waals surface area contributed by atoms with E-state index in [0.29, 0.717) is 24.3 Å². The molecule has 2 amide bonds. The van der Waals surface area contributed by atoms with Crippen LogP contribution in [-0.2, 0) is 4.74 Å². The number of benzene rings is 1. The number of para-hydroxylation sites is 1. The lowest BCUT2D eigenvalue weighted by Crippen LogP contribution is -2.39. The number of carbonyl (C=O) groups excluding carboxylic acids is 2. The van der Waals surface area contributed by atoms with Crippen molar-refractivity contribution in [1.29, 1.82) is 0 Å². The van der Waals surface area contributed by atoms with Crippen LogP contribution in [0.3, 0.4) is 0 Å². The molecule has 1 N–H and O–H groups in total. The van der Waals surface area contributed by atoms with Crippen molar-refractivity contribution in [2.75, 3.05) is 27.2 Å². The van der Waals surface area contributed by atoms with Gasteiger partial charge in [-0.25, -0.2) is 9.59 Å². The topological polar surface area (TPSA) is 79.3 Å². The van der Waals surface area contributed by atoms with Gasteiger partial charge in [0.15, 0.2) is 0 Å². The van der Waals surface area contributed by atoms with Crippen LogP contribution in [0, 0.1) is 0 Å². The quantitative estimate of drug-likeness (QED) is 0.834. The highest BCUT2D eigenvalue weighted by atomic mass is 16.6. The monoisotopic (exact) mass is 366 g/mol. The van der Waals surface area contributed by atoms with Gasteiger partial charge in [0, 0.05) is 32.8 Å². The third-order valence-corrected chi connectivity index (χ3v) is 3.59. The van der Waals surface area contributed by atoms with Crippen LogP contribution in [0.1, 0.15) is 45.7 Å². The summed E-state index contributed by atoms with van der Waals surface area (Å²) >= 11 is 0. The molecule has 1 unspecified atom stereocenters. The molecule has 0 bridgehead atoms. The second-order valence-electron chi connectivity index (χ2n) is 7.09. The van der Waals surface area contributed by atoms with Crippen LogP contribution in [0.15, 0.2) is 24.3 Å². The summed E-state index contributed by atoms with van der Waals surface area (Å²) in [6.07, 6.45) is -0.698. The lowest BCUT2D eigenvalue weighted by Gasteiger charge is -2.33. The minimum absolute atomic E-state index is 0.125. The smallest absolute Gasteiger partial charge is 0.414 e. The first-order chi connectivity index (χ1) is 12.1. The lowest BCUT2D eigenvalue weighted by molar-refractivity contribution is 0.0144. The summed E-state index contributed by atoms with van der Waals surface area (Å²) in [4.78, 5) is 27.4. The molecule has 0 aliphatic heterocycles. The predicted octanol–water partition coefficient (Wildman–Crippen LogP) is 3.43. The minimum Gasteiger partial charge on any atom is -0.444 e. The van der Waals surface area contributed by atoms with Gasteiger partial charge in [-0.1, -0.05) is 18.2 Å². The van der Waals surface area contributed by atoms with E-state index in [1.54, 1.807) is 59.1 Å². The Morgan fingerprint density at radius 3 is 2.27 bits per heavy atom. The van der Waals surface area contributed by atoms with Crippen molar-refractivity contribution >= 4 is 12.2 Å². The first kappa shape index (κ1) is 21.8. The van der Waals surface area contributed by atoms with Gasteiger partial charge in [-0.15, -0.1) is 0 Å². The molecule has 1 aromatic rings. The lowest BCUT2D eigenvalue weighted by atomic mass is 10.0. The van der Waals surface area contributed by atoms with Crippen LogP contribution < -0.4 is 4.74 Å². The molecule has 0 saturated carbocycles. The fourth-order valence-corrected chi connectivity index (χ4v) is 2.43. The second kappa shape index (κ2) is 9.43. The number of ether oxygens (including phenoxy) is 2. The molecule has 0 radical (unpaired) electrons. The molecule has 0 fully saturated rings. The summed E-state index contributed by atoms with van der Waals surface area (Å²) < 4.78 is 10.9. The molecule has 7 nitrogen and oxygen atoms in total. The number of carbonyl (C=O) groups is 2. The molecule has 0 aromatic heterocycles. The van der Waals surface area contributed by atoms with Gasteiger partial charge in [-0.2, -0.15) is 0 Å². The maximum absolute atomic E-state index is 12.6. The third-order valence-electron chi connectivity index (χ3n) is 3.59. The van der Waals surface area contributed by atoms with Crippen LogP contribution in [0.2, 0.25) is 0 Å². The van der Waals surface area contributed by atoms with E-state index in [2.05, 4.69) is 0 Å². The third kappa shape index (κ3) is 6.22. The van der Waals surface area contributed by atoms with Gasteiger partial charge in [0.25, 0.3) is 0 Å². The van der Waals surface area contributed by atoms with Crippen molar-refractivity contribution in [3.05, 3.63) is 29.8 Å². The van der Waals surface area contributed by atoms with Gasteiger partial charge in [0.05, 0.1) is 6.04 Å². The van der Waals surface area contributed by atoms with E-state index < -0.39 is 23.8 Å². The summed E-state index contributed by atoms with van der Waals surface area (Å²) in [6.45, 7) is 7.49. The highest BCUT2D eigenvalue weighted by molar-refractivity contribution is 5.71.